The first-order chi connectivity index (χ1) is 10.1. The SMILES string of the molecule is CCCNC(C)c1ccccc1NC(=O)C1COC(C)C1. The van der Waals surface area contributed by atoms with E-state index in [-0.39, 0.29) is 24.0 Å². The molecule has 21 heavy (non-hydrogen) atoms. The van der Waals surface area contributed by atoms with E-state index in [9.17, 15) is 4.79 Å². The largest absolute Gasteiger partial charge is 0.378 e. The molecule has 0 bridgehead atoms. The van der Waals surface area contributed by atoms with Crippen molar-refractivity contribution in [2.45, 2.75) is 45.8 Å². The Morgan fingerprint density at radius 2 is 2.19 bits per heavy atom. The third-order valence-corrected chi connectivity index (χ3v) is 3.95. The van der Waals surface area contributed by atoms with Crippen LogP contribution in [0.5, 0.6) is 0 Å². The lowest BCUT2D eigenvalue weighted by Gasteiger charge is -2.19. The third-order valence-electron chi connectivity index (χ3n) is 3.95. The fourth-order valence-corrected chi connectivity index (χ4v) is 2.69. The third kappa shape index (κ3) is 4.29. The van der Waals surface area contributed by atoms with Crippen LogP contribution in [0.15, 0.2) is 24.3 Å². The molecular weight excluding hydrogens is 264 g/mol. The summed E-state index contributed by atoms with van der Waals surface area (Å²) in [6.07, 6.45) is 2.08. The summed E-state index contributed by atoms with van der Waals surface area (Å²) in [6, 6.07) is 8.22. The molecule has 2 N–H and O–H groups in total. The van der Waals surface area contributed by atoms with Crippen molar-refractivity contribution in [1.29, 1.82) is 0 Å². The maximum atomic E-state index is 12.3. The van der Waals surface area contributed by atoms with Crippen LogP contribution in [-0.2, 0) is 9.53 Å². The van der Waals surface area contributed by atoms with Gasteiger partial charge in [-0.1, -0.05) is 25.1 Å². The van der Waals surface area contributed by atoms with Crippen molar-refractivity contribution < 1.29 is 9.53 Å². The minimum Gasteiger partial charge on any atom is -0.378 e. The Morgan fingerprint density at radius 1 is 1.43 bits per heavy atom. The van der Waals surface area contributed by atoms with Crippen LogP contribution in [0.2, 0.25) is 0 Å². The number of carbonyl (C=O) groups is 1. The highest BCUT2D eigenvalue weighted by Crippen LogP contribution is 2.25. The van der Waals surface area contributed by atoms with Gasteiger partial charge >= 0.3 is 0 Å². The Labute approximate surface area is 127 Å². The molecule has 3 unspecified atom stereocenters. The molecule has 1 heterocycles. The van der Waals surface area contributed by atoms with Crippen LogP contribution in [0.3, 0.4) is 0 Å². The van der Waals surface area contributed by atoms with Crippen molar-refractivity contribution >= 4 is 11.6 Å². The highest BCUT2D eigenvalue weighted by molar-refractivity contribution is 5.93. The Balaban J connectivity index is 2.04. The normalized spacial score (nSPS) is 23.0. The van der Waals surface area contributed by atoms with Gasteiger partial charge in [0.05, 0.1) is 18.6 Å². The number of amides is 1. The highest BCUT2D eigenvalue weighted by atomic mass is 16.5. The van der Waals surface area contributed by atoms with Crippen molar-refractivity contribution in [2.24, 2.45) is 5.92 Å². The van der Waals surface area contributed by atoms with Gasteiger partial charge in [0.15, 0.2) is 0 Å². The monoisotopic (exact) mass is 290 g/mol. The summed E-state index contributed by atoms with van der Waals surface area (Å²) in [4.78, 5) is 12.3. The number of hydrogen-bond acceptors (Lipinski definition) is 3. The molecule has 3 atom stereocenters. The number of rotatable bonds is 6. The second-order valence-corrected chi connectivity index (χ2v) is 5.83. The van der Waals surface area contributed by atoms with E-state index in [0.29, 0.717) is 6.61 Å². The number of carbonyl (C=O) groups excluding carboxylic acids is 1. The lowest BCUT2D eigenvalue weighted by atomic mass is 10.0. The Kier molecular flexibility index (Phi) is 5.76. The molecule has 1 aliphatic rings. The van der Waals surface area contributed by atoms with Gasteiger partial charge in [0.2, 0.25) is 5.91 Å². The van der Waals surface area contributed by atoms with Crippen molar-refractivity contribution in [2.75, 3.05) is 18.5 Å². The van der Waals surface area contributed by atoms with Crippen LogP contribution in [0.1, 0.15) is 45.2 Å². The van der Waals surface area contributed by atoms with Gasteiger partial charge in [-0.15, -0.1) is 0 Å². The summed E-state index contributed by atoms with van der Waals surface area (Å²) in [5, 5.41) is 6.53. The quantitative estimate of drug-likeness (QED) is 0.846. The number of hydrogen-bond donors (Lipinski definition) is 2. The number of nitrogens with one attached hydrogen (secondary N) is 2. The van der Waals surface area contributed by atoms with E-state index in [1.54, 1.807) is 0 Å². The van der Waals surface area contributed by atoms with Crippen molar-refractivity contribution in [3.63, 3.8) is 0 Å². The Hall–Kier alpha value is -1.39. The standard InChI is InChI=1S/C17H26N2O2/c1-4-9-18-13(3)15-7-5-6-8-16(15)19-17(20)14-10-12(2)21-11-14/h5-8,12-14,18H,4,9-11H2,1-3H3,(H,19,20). The predicted octanol–water partition coefficient (Wildman–Crippen LogP) is 3.11. The molecule has 0 aliphatic carbocycles. The van der Waals surface area contributed by atoms with Gasteiger partial charge < -0.3 is 15.4 Å². The van der Waals surface area contributed by atoms with E-state index in [1.807, 2.05) is 25.1 Å². The molecule has 0 saturated carbocycles. The van der Waals surface area contributed by atoms with Gasteiger partial charge in [-0.05, 0) is 44.9 Å². The average molecular weight is 290 g/mol. The molecule has 4 nitrogen and oxygen atoms in total. The van der Waals surface area contributed by atoms with Crippen LogP contribution in [-0.4, -0.2) is 25.2 Å². The van der Waals surface area contributed by atoms with Crippen LogP contribution in [0.25, 0.3) is 0 Å². The first-order valence-corrected chi connectivity index (χ1v) is 7.86. The topological polar surface area (TPSA) is 50.4 Å². The molecule has 1 amide bonds. The minimum atomic E-state index is -0.0352. The van der Waals surface area contributed by atoms with Gasteiger partial charge in [0, 0.05) is 11.7 Å². The first kappa shape index (κ1) is 16.0. The fourth-order valence-electron chi connectivity index (χ4n) is 2.69. The molecule has 1 saturated heterocycles. The number of para-hydroxylation sites is 1. The zero-order valence-corrected chi connectivity index (χ0v) is 13.2. The summed E-state index contributed by atoms with van der Waals surface area (Å²) in [5.41, 5.74) is 2.03. The van der Waals surface area contributed by atoms with Gasteiger partial charge in [-0.3, -0.25) is 4.79 Å². The summed E-state index contributed by atoms with van der Waals surface area (Å²) in [5.74, 6) is 0.0291. The Morgan fingerprint density at radius 3 is 2.86 bits per heavy atom. The first-order valence-electron chi connectivity index (χ1n) is 7.86. The van der Waals surface area contributed by atoms with Crippen LogP contribution in [0, 0.1) is 5.92 Å². The fraction of sp³-hybridized carbons (Fsp3) is 0.588. The van der Waals surface area contributed by atoms with Gasteiger partial charge in [-0.2, -0.15) is 0 Å². The van der Waals surface area contributed by atoms with Crippen LogP contribution < -0.4 is 10.6 Å². The lowest BCUT2D eigenvalue weighted by molar-refractivity contribution is -0.119. The van der Waals surface area contributed by atoms with E-state index in [4.69, 9.17) is 4.74 Å². The number of anilines is 1. The van der Waals surface area contributed by atoms with E-state index in [1.165, 1.54) is 0 Å². The average Bonchev–Trinajstić information content (AvgIpc) is 2.92. The molecule has 1 aliphatic heterocycles. The molecule has 1 aromatic carbocycles. The summed E-state index contributed by atoms with van der Waals surface area (Å²) in [7, 11) is 0. The molecule has 4 heteroatoms. The van der Waals surface area contributed by atoms with Gasteiger partial charge in [0.25, 0.3) is 0 Å². The minimum absolute atomic E-state index is 0.0352. The van der Waals surface area contributed by atoms with Gasteiger partial charge in [0.1, 0.15) is 0 Å². The lowest BCUT2D eigenvalue weighted by Crippen LogP contribution is -2.25. The second kappa shape index (κ2) is 7.57. The zero-order valence-electron chi connectivity index (χ0n) is 13.2. The summed E-state index contributed by atoms with van der Waals surface area (Å²) < 4.78 is 5.48. The molecule has 2 rings (SSSR count). The zero-order chi connectivity index (χ0) is 15.2. The van der Waals surface area contributed by atoms with Crippen LogP contribution in [0.4, 0.5) is 5.69 Å². The summed E-state index contributed by atoms with van der Waals surface area (Å²) in [6.45, 7) is 7.78. The number of ether oxygens (including phenoxy) is 1. The van der Waals surface area contributed by atoms with E-state index in [2.05, 4.69) is 30.5 Å². The van der Waals surface area contributed by atoms with E-state index >= 15 is 0 Å². The second-order valence-electron chi connectivity index (χ2n) is 5.83. The molecule has 0 spiro atoms. The maximum absolute atomic E-state index is 12.3. The van der Waals surface area contributed by atoms with Gasteiger partial charge in [-0.25, -0.2) is 0 Å². The van der Waals surface area contributed by atoms with Crippen LogP contribution >= 0.6 is 0 Å². The molecular formula is C17H26N2O2. The molecule has 0 aromatic heterocycles. The molecule has 0 radical (unpaired) electrons. The Bertz CT molecular complexity index is 476. The van der Waals surface area contributed by atoms with Crippen molar-refractivity contribution in [3.05, 3.63) is 29.8 Å². The summed E-state index contributed by atoms with van der Waals surface area (Å²) >= 11 is 0. The predicted molar refractivity (Wildman–Crippen MR) is 85.3 cm³/mol. The van der Waals surface area contributed by atoms with Crippen molar-refractivity contribution in [1.82, 2.24) is 5.32 Å². The van der Waals surface area contributed by atoms with E-state index < -0.39 is 0 Å². The smallest absolute Gasteiger partial charge is 0.229 e. The van der Waals surface area contributed by atoms with Crippen molar-refractivity contribution in [3.8, 4) is 0 Å². The number of benzene rings is 1. The maximum Gasteiger partial charge on any atom is 0.229 e. The van der Waals surface area contributed by atoms with E-state index in [0.717, 1.165) is 30.6 Å². The molecule has 1 fully saturated rings. The molecule has 1 aromatic rings. The molecule has 116 valence electrons. The highest BCUT2D eigenvalue weighted by Gasteiger charge is 2.28.